The molecule has 1 aliphatic heterocycles. The summed E-state index contributed by atoms with van der Waals surface area (Å²) in [5, 5.41) is 0. The molecule has 0 radical (unpaired) electrons. The molecule has 1 heterocycles. The molecule has 106 valence electrons. The van der Waals surface area contributed by atoms with Crippen molar-refractivity contribution in [2.24, 2.45) is 5.73 Å². The van der Waals surface area contributed by atoms with E-state index >= 15 is 0 Å². The Hall–Kier alpha value is -0.860. The second kappa shape index (κ2) is 6.06. The van der Waals surface area contributed by atoms with Crippen molar-refractivity contribution in [2.75, 3.05) is 20.1 Å². The molecule has 1 aromatic rings. The molecule has 2 nitrogen and oxygen atoms in total. The van der Waals surface area contributed by atoms with Crippen LogP contribution >= 0.6 is 0 Å². The molecule has 0 aliphatic carbocycles. The van der Waals surface area contributed by atoms with E-state index in [-0.39, 0.29) is 5.54 Å². The normalized spacial score (nSPS) is 22.2. The first-order valence-corrected chi connectivity index (χ1v) is 7.50. The van der Waals surface area contributed by atoms with Crippen molar-refractivity contribution in [3.05, 3.63) is 35.4 Å². The second-order valence-corrected chi connectivity index (χ2v) is 6.84. The van der Waals surface area contributed by atoms with E-state index in [4.69, 9.17) is 5.73 Å². The van der Waals surface area contributed by atoms with Crippen molar-refractivity contribution in [1.29, 1.82) is 0 Å². The van der Waals surface area contributed by atoms with Crippen molar-refractivity contribution in [1.82, 2.24) is 4.90 Å². The van der Waals surface area contributed by atoms with Gasteiger partial charge in [-0.15, -0.1) is 0 Å². The number of rotatable bonds is 3. The van der Waals surface area contributed by atoms with Gasteiger partial charge in [-0.25, -0.2) is 0 Å². The summed E-state index contributed by atoms with van der Waals surface area (Å²) in [6.07, 6.45) is 4.88. The largest absolute Gasteiger partial charge is 0.325 e. The molecule has 0 saturated carbocycles. The lowest BCUT2D eigenvalue weighted by Gasteiger charge is -2.19. The lowest BCUT2D eigenvalue weighted by Crippen LogP contribution is -2.34. The number of hydrogen-bond donors (Lipinski definition) is 1. The molecule has 19 heavy (non-hydrogen) atoms. The zero-order chi connectivity index (χ0) is 13.9. The fourth-order valence-corrected chi connectivity index (χ4v) is 3.01. The fraction of sp³-hybridized carbons (Fsp3) is 0.647. The molecular weight excluding hydrogens is 232 g/mol. The van der Waals surface area contributed by atoms with E-state index in [9.17, 15) is 0 Å². The second-order valence-electron chi connectivity index (χ2n) is 6.84. The Morgan fingerprint density at radius 3 is 2.47 bits per heavy atom. The molecule has 0 bridgehead atoms. The Balaban J connectivity index is 2.01. The average molecular weight is 260 g/mol. The van der Waals surface area contributed by atoms with E-state index in [2.05, 4.69) is 50.1 Å². The van der Waals surface area contributed by atoms with Crippen molar-refractivity contribution < 1.29 is 0 Å². The molecule has 1 unspecified atom stereocenters. The van der Waals surface area contributed by atoms with E-state index in [0.29, 0.717) is 0 Å². The molecule has 1 fully saturated rings. The van der Waals surface area contributed by atoms with Crippen LogP contribution in [0.5, 0.6) is 0 Å². The summed E-state index contributed by atoms with van der Waals surface area (Å²) in [7, 11) is 2.23. The first-order valence-electron chi connectivity index (χ1n) is 7.50. The van der Waals surface area contributed by atoms with E-state index in [1.54, 1.807) is 0 Å². The van der Waals surface area contributed by atoms with E-state index in [0.717, 1.165) is 12.3 Å². The quantitative estimate of drug-likeness (QED) is 0.904. The van der Waals surface area contributed by atoms with Crippen LogP contribution in [0, 0.1) is 0 Å². The summed E-state index contributed by atoms with van der Waals surface area (Å²) < 4.78 is 0. The van der Waals surface area contributed by atoms with Crippen molar-refractivity contribution in [2.45, 2.75) is 51.0 Å². The van der Waals surface area contributed by atoms with Crippen LogP contribution in [0.2, 0.25) is 0 Å². The van der Waals surface area contributed by atoms with Gasteiger partial charge in [-0.2, -0.15) is 0 Å². The van der Waals surface area contributed by atoms with E-state index in [1.165, 1.54) is 43.5 Å². The first kappa shape index (κ1) is 14.5. The maximum atomic E-state index is 6.08. The zero-order valence-corrected chi connectivity index (χ0v) is 12.7. The lowest BCUT2D eigenvalue weighted by molar-refractivity contribution is 0.347. The highest BCUT2D eigenvalue weighted by Crippen LogP contribution is 2.28. The van der Waals surface area contributed by atoms with E-state index in [1.807, 2.05) is 0 Å². The van der Waals surface area contributed by atoms with Crippen LogP contribution in [0.3, 0.4) is 0 Å². The van der Waals surface area contributed by atoms with Crippen molar-refractivity contribution in [3.8, 4) is 0 Å². The molecule has 2 N–H and O–H groups in total. The summed E-state index contributed by atoms with van der Waals surface area (Å²) in [5.74, 6) is 0.741. The molecule has 0 aromatic heterocycles. The molecule has 0 spiro atoms. The average Bonchev–Trinajstić information content (AvgIpc) is 2.53. The number of nitrogens with two attached hydrogens (primary N) is 1. The molecular formula is C17H28N2. The van der Waals surface area contributed by atoms with Gasteiger partial charge in [0.15, 0.2) is 0 Å². The van der Waals surface area contributed by atoms with E-state index < -0.39 is 0 Å². The first-order chi connectivity index (χ1) is 8.94. The summed E-state index contributed by atoms with van der Waals surface area (Å²) in [5.41, 5.74) is 8.82. The summed E-state index contributed by atoms with van der Waals surface area (Å²) >= 11 is 0. The molecule has 1 atom stereocenters. The summed E-state index contributed by atoms with van der Waals surface area (Å²) in [4.78, 5) is 2.45. The summed E-state index contributed by atoms with van der Waals surface area (Å²) in [6, 6.07) is 9.16. The predicted octanol–water partition coefficient (Wildman–Crippen LogP) is 3.17. The Morgan fingerprint density at radius 1 is 1.16 bits per heavy atom. The van der Waals surface area contributed by atoms with Gasteiger partial charge in [0.05, 0.1) is 0 Å². The van der Waals surface area contributed by atoms with Crippen LogP contribution in [0.15, 0.2) is 24.3 Å². The van der Waals surface area contributed by atoms with Gasteiger partial charge in [-0.1, -0.05) is 24.3 Å². The molecule has 2 rings (SSSR count). The Bertz CT molecular complexity index is 389. The smallest absolute Gasteiger partial charge is 0.0138 e. The van der Waals surface area contributed by atoms with Gasteiger partial charge in [0.25, 0.3) is 0 Å². The Morgan fingerprint density at radius 2 is 1.84 bits per heavy atom. The molecule has 0 amide bonds. The van der Waals surface area contributed by atoms with Crippen molar-refractivity contribution in [3.63, 3.8) is 0 Å². The highest BCUT2D eigenvalue weighted by atomic mass is 15.1. The van der Waals surface area contributed by atoms with Crippen LogP contribution in [0.25, 0.3) is 0 Å². The standard InChI is InChI=1S/C17H28N2/c1-17(2,18)13-14-6-8-16(9-7-14)15-5-4-11-19(3)12-10-15/h6-9,15H,4-5,10-13,18H2,1-3H3. The van der Waals surface area contributed by atoms with Gasteiger partial charge < -0.3 is 10.6 Å². The molecule has 1 aromatic carbocycles. The molecule has 1 saturated heterocycles. The number of nitrogens with zero attached hydrogens (tertiary/aromatic N) is 1. The maximum Gasteiger partial charge on any atom is 0.0138 e. The minimum absolute atomic E-state index is 0.119. The molecule has 2 heteroatoms. The highest BCUT2D eigenvalue weighted by molar-refractivity contribution is 5.26. The third-order valence-corrected chi connectivity index (χ3v) is 4.06. The number of hydrogen-bond acceptors (Lipinski definition) is 2. The minimum atomic E-state index is -0.119. The fourth-order valence-electron chi connectivity index (χ4n) is 3.01. The van der Waals surface area contributed by atoms with Crippen LogP contribution in [0.1, 0.15) is 50.2 Å². The van der Waals surface area contributed by atoms with Crippen LogP contribution in [-0.4, -0.2) is 30.6 Å². The third-order valence-electron chi connectivity index (χ3n) is 4.06. The lowest BCUT2D eigenvalue weighted by atomic mass is 9.89. The number of benzene rings is 1. The van der Waals surface area contributed by atoms with Gasteiger partial charge in [0.2, 0.25) is 0 Å². The summed E-state index contributed by atoms with van der Waals surface area (Å²) in [6.45, 7) is 6.64. The molecule has 1 aliphatic rings. The van der Waals surface area contributed by atoms with Crippen LogP contribution in [0.4, 0.5) is 0 Å². The van der Waals surface area contributed by atoms with Gasteiger partial charge in [-0.05, 0) is 76.7 Å². The monoisotopic (exact) mass is 260 g/mol. The third kappa shape index (κ3) is 4.63. The Labute approximate surface area is 118 Å². The minimum Gasteiger partial charge on any atom is -0.325 e. The maximum absolute atomic E-state index is 6.08. The predicted molar refractivity (Wildman–Crippen MR) is 82.5 cm³/mol. The van der Waals surface area contributed by atoms with Crippen LogP contribution < -0.4 is 5.73 Å². The van der Waals surface area contributed by atoms with Crippen LogP contribution in [-0.2, 0) is 6.42 Å². The zero-order valence-electron chi connectivity index (χ0n) is 12.7. The van der Waals surface area contributed by atoms with Gasteiger partial charge in [0.1, 0.15) is 0 Å². The van der Waals surface area contributed by atoms with Gasteiger partial charge in [0, 0.05) is 5.54 Å². The Kier molecular flexibility index (Phi) is 4.64. The van der Waals surface area contributed by atoms with Crippen molar-refractivity contribution >= 4 is 0 Å². The SMILES string of the molecule is CN1CCCC(c2ccc(CC(C)(C)N)cc2)CC1. The highest BCUT2D eigenvalue weighted by Gasteiger charge is 2.17. The topological polar surface area (TPSA) is 29.3 Å². The van der Waals surface area contributed by atoms with Gasteiger partial charge >= 0.3 is 0 Å². The van der Waals surface area contributed by atoms with Gasteiger partial charge in [-0.3, -0.25) is 0 Å². The number of likely N-dealkylation sites (tertiary alicyclic amines) is 1.